The first-order valence-electron chi connectivity index (χ1n) is 9.60. The van der Waals surface area contributed by atoms with Gasteiger partial charge in [-0.2, -0.15) is 0 Å². The maximum Gasteiger partial charge on any atom is 0.230 e. The Kier molecular flexibility index (Phi) is 7.94. The normalized spacial score (nSPS) is 14.6. The molecule has 0 spiro atoms. The van der Waals surface area contributed by atoms with Crippen molar-refractivity contribution in [3.05, 3.63) is 47.5 Å². The molecule has 0 aliphatic heterocycles. The lowest BCUT2D eigenvalue weighted by Crippen LogP contribution is -2.37. The predicted octanol–water partition coefficient (Wildman–Crippen LogP) is 4.38. The summed E-state index contributed by atoms with van der Waals surface area (Å²) in [6.07, 6.45) is 7.43. The van der Waals surface area contributed by atoms with Gasteiger partial charge in [0.05, 0.1) is 10.8 Å². The Morgan fingerprint density at radius 3 is 2.90 bits per heavy atom. The monoisotopic (exact) mass is 438 g/mol. The summed E-state index contributed by atoms with van der Waals surface area (Å²) < 4.78 is 20.7. The van der Waals surface area contributed by atoms with Gasteiger partial charge in [-0.3, -0.25) is 9.36 Å². The molecule has 156 valence electrons. The lowest BCUT2D eigenvalue weighted by molar-refractivity contribution is -0.119. The van der Waals surface area contributed by atoms with Gasteiger partial charge in [-0.05, 0) is 31.0 Å². The van der Waals surface area contributed by atoms with Crippen LogP contribution in [0.2, 0.25) is 5.02 Å². The third-order valence-electron chi connectivity index (χ3n) is 4.66. The number of nitrogens with zero attached hydrogens (tertiary/aromatic N) is 3. The van der Waals surface area contributed by atoms with Crippen molar-refractivity contribution in [2.75, 3.05) is 5.75 Å². The summed E-state index contributed by atoms with van der Waals surface area (Å²) in [4.78, 5) is 12.3. The highest BCUT2D eigenvalue weighted by atomic mass is 35.5. The van der Waals surface area contributed by atoms with E-state index >= 15 is 0 Å². The number of aromatic nitrogens is 3. The fourth-order valence-corrected chi connectivity index (χ4v) is 4.23. The SMILES string of the molecule is C=CCn1c(COc2ccc(F)cc2Cl)nnc1SCC(=O)NC1CCCCC1. The summed E-state index contributed by atoms with van der Waals surface area (Å²) in [5, 5.41) is 12.2. The third-order valence-corrected chi connectivity index (χ3v) is 5.92. The van der Waals surface area contributed by atoms with E-state index in [2.05, 4.69) is 22.1 Å². The van der Waals surface area contributed by atoms with Gasteiger partial charge in [-0.1, -0.05) is 48.7 Å². The number of nitrogens with one attached hydrogen (secondary N) is 1. The molecule has 1 N–H and O–H groups in total. The Labute approximate surface area is 178 Å². The average Bonchev–Trinajstić information content (AvgIpc) is 3.08. The Bertz CT molecular complexity index is 855. The molecule has 1 saturated carbocycles. The van der Waals surface area contributed by atoms with Crippen LogP contribution >= 0.6 is 23.4 Å². The molecule has 6 nitrogen and oxygen atoms in total. The molecule has 0 atom stereocenters. The molecule has 0 radical (unpaired) electrons. The van der Waals surface area contributed by atoms with E-state index in [0.29, 0.717) is 23.3 Å². The zero-order chi connectivity index (χ0) is 20.6. The van der Waals surface area contributed by atoms with Gasteiger partial charge in [-0.15, -0.1) is 16.8 Å². The van der Waals surface area contributed by atoms with Crippen LogP contribution in [-0.2, 0) is 17.9 Å². The molecule has 2 aromatic rings. The summed E-state index contributed by atoms with van der Waals surface area (Å²) in [5.74, 6) is 0.784. The maximum atomic E-state index is 13.2. The van der Waals surface area contributed by atoms with Crippen molar-refractivity contribution >= 4 is 29.3 Å². The van der Waals surface area contributed by atoms with E-state index in [4.69, 9.17) is 16.3 Å². The molecule has 1 aromatic heterocycles. The smallest absolute Gasteiger partial charge is 0.230 e. The van der Waals surface area contributed by atoms with Crippen LogP contribution in [0, 0.1) is 5.82 Å². The molecule has 1 aliphatic rings. The van der Waals surface area contributed by atoms with Crippen LogP contribution in [0.1, 0.15) is 37.9 Å². The summed E-state index contributed by atoms with van der Waals surface area (Å²) >= 11 is 7.32. The zero-order valence-electron chi connectivity index (χ0n) is 16.1. The van der Waals surface area contributed by atoms with Crippen LogP contribution in [0.25, 0.3) is 0 Å². The minimum absolute atomic E-state index is 0.00551. The van der Waals surface area contributed by atoms with Crippen molar-refractivity contribution in [1.82, 2.24) is 20.1 Å². The lowest BCUT2D eigenvalue weighted by Gasteiger charge is -2.22. The molecule has 1 heterocycles. The number of amides is 1. The Hall–Kier alpha value is -2.06. The first-order valence-corrected chi connectivity index (χ1v) is 11.0. The minimum atomic E-state index is -0.428. The van der Waals surface area contributed by atoms with Gasteiger partial charge in [0.15, 0.2) is 11.0 Å². The van der Waals surface area contributed by atoms with Crippen LogP contribution in [0.4, 0.5) is 4.39 Å². The van der Waals surface area contributed by atoms with Crippen LogP contribution in [-0.4, -0.2) is 32.5 Å². The highest BCUT2D eigenvalue weighted by Gasteiger charge is 2.18. The second-order valence-corrected chi connectivity index (χ2v) is 8.20. The van der Waals surface area contributed by atoms with E-state index in [1.807, 2.05) is 4.57 Å². The summed E-state index contributed by atoms with van der Waals surface area (Å²) in [5.41, 5.74) is 0. The molecule has 1 fully saturated rings. The number of hydrogen-bond donors (Lipinski definition) is 1. The van der Waals surface area contributed by atoms with Gasteiger partial charge in [0.2, 0.25) is 5.91 Å². The Morgan fingerprint density at radius 1 is 1.38 bits per heavy atom. The number of hydrogen-bond acceptors (Lipinski definition) is 5. The molecule has 29 heavy (non-hydrogen) atoms. The summed E-state index contributed by atoms with van der Waals surface area (Å²) in [7, 11) is 0. The molecule has 0 unspecified atom stereocenters. The Balaban J connectivity index is 1.58. The van der Waals surface area contributed by atoms with Crippen LogP contribution in [0.5, 0.6) is 5.75 Å². The summed E-state index contributed by atoms with van der Waals surface area (Å²) in [6.45, 7) is 4.36. The number of carbonyl (C=O) groups excluding carboxylic acids is 1. The van der Waals surface area contributed by atoms with Crippen molar-refractivity contribution in [3.8, 4) is 5.75 Å². The molecule has 9 heteroatoms. The van der Waals surface area contributed by atoms with E-state index in [1.165, 1.54) is 49.2 Å². The number of carbonyl (C=O) groups is 1. The largest absolute Gasteiger partial charge is 0.484 e. The van der Waals surface area contributed by atoms with Crippen LogP contribution in [0.15, 0.2) is 36.0 Å². The van der Waals surface area contributed by atoms with E-state index in [9.17, 15) is 9.18 Å². The second kappa shape index (κ2) is 10.6. The number of rotatable bonds is 9. The minimum Gasteiger partial charge on any atom is -0.484 e. The molecule has 1 aromatic carbocycles. The van der Waals surface area contributed by atoms with Crippen molar-refractivity contribution in [2.24, 2.45) is 0 Å². The van der Waals surface area contributed by atoms with Crippen molar-refractivity contribution in [3.63, 3.8) is 0 Å². The average molecular weight is 439 g/mol. The standard InChI is InChI=1S/C20H24ClFN4O2S/c1-2-10-26-18(12-28-17-9-8-14(22)11-16(17)21)24-25-20(26)29-13-19(27)23-15-6-4-3-5-7-15/h2,8-9,11,15H,1,3-7,10,12-13H2,(H,23,27). The van der Waals surface area contributed by atoms with Crippen molar-refractivity contribution in [2.45, 2.75) is 56.5 Å². The number of thioether (sulfide) groups is 1. The molecule has 1 amide bonds. The van der Waals surface area contributed by atoms with Crippen molar-refractivity contribution < 1.29 is 13.9 Å². The lowest BCUT2D eigenvalue weighted by atomic mass is 9.95. The Morgan fingerprint density at radius 2 is 2.17 bits per heavy atom. The van der Waals surface area contributed by atoms with Gasteiger partial charge in [0.1, 0.15) is 18.2 Å². The van der Waals surface area contributed by atoms with Crippen LogP contribution < -0.4 is 10.1 Å². The van der Waals surface area contributed by atoms with Gasteiger partial charge < -0.3 is 10.1 Å². The number of allylic oxidation sites excluding steroid dienone is 1. The highest BCUT2D eigenvalue weighted by Crippen LogP contribution is 2.26. The van der Waals surface area contributed by atoms with Crippen LogP contribution in [0.3, 0.4) is 0 Å². The first-order chi connectivity index (χ1) is 14.1. The molecule has 1 aliphatic carbocycles. The molecule has 3 rings (SSSR count). The third kappa shape index (κ3) is 6.21. The summed E-state index contributed by atoms with van der Waals surface area (Å²) in [6, 6.07) is 4.23. The van der Waals surface area contributed by atoms with Gasteiger partial charge in [0.25, 0.3) is 0 Å². The second-order valence-electron chi connectivity index (χ2n) is 6.85. The van der Waals surface area contributed by atoms with E-state index in [-0.39, 0.29) is 29.3 Å². The van der Waals surface area contributed by atoms with Gasteiger partial charge >= 0.3 is 0 Å². The molecule has 0 bridgehead atoms. The number of benzene rings is 1. The number of ether oxygens (including phenoxy) is 1. The van der Waals surface area contributed by atoms with Gasteiger partial charge in [-0.25, -0.2) is 4.39 Å². The predicted molar refractivity (Wildman–Crippen MR) is 112 cm³/mol. The molecular weight excluding hydrogens is 415 g/mol. The van der Waals surface area contributed by atoms with E-state index < -0.39 is 5.82 Å². The van der Waals surface area contributed by atoms with E-state index in [1.54, 1.807) is 6.08 Å². The van der Waals surface area contributed by atoms with Gasteiger partial charge in [0, 0.05) is 12.6 Å². The quantitative estimate of drug-likeness (QED) is 0.465. The molecular formula is C20H24ClFN4O2S. The fraction of sp³-hybridized carbons (Fsp3) is 0.450. The van der Waals surface area contributed by atoms with E-state index in [0.717, 1.165) is 12.8 Å². The van der Waals surface area contributed by atoms with Crippen molar-refractivity contribution in [1.29, 1.82) is 0 Å². The zero-order valence-corrected chi connectivity index (χ0v) is 17.6. The topological polar surface area (TPSA) is 69.0 Å². The maximum absolute atomic E-state index is 13.2. The molecule has 0 saturated heterocycles. The fourth-order valence-electron chi connectivity index (χ4n) is 3.23. The first kappa shape index (κ1) is 21.6. The highest BCUT2D eigenvalue weighted by molar-refractivity contribution is 7.99. The number of halogens is 2.